The van der Waals surface area contributed by atoms with Crippen LogP contribution in [0.4, 0.5) is 23.2 Å². The van der Waals surface area contributed by atoms with E-state index in [9.17, 15) is 27.2 Å². The van der Waals surface area contributed by atoms with E-state index in [0.29, 0.717) is 0 Å². The highest BCUT2D eigenvalue weighted by molar-refractivity contribution is 5.97. The van der Waals surface area contributed by atoms with Crippen LogP contribution in [0.1, 0.15) is 32.1 Å². The Labute approximate surface area is 173 Å². The van der Waals surface area contributed by atoms with E-state index in [4.69, 9.17) is 5.73 Å². The van der Waals surface area contributed by atoms with Gasteiger partial charge in [-0.3, -0.25) is 19.6 Å². The van der Waals surface area contributed by atoms with Crippen LogP contribution >= 0.6 is 0 Å². The number of ketones is 1. The predicted molar refractivity (Wildman–Crippen MR) is 104 cm³/mol. The summed E-state index contributed by atoms with van der Waals surface area (Å²) in [5.41, 5.74) is 2.82. The lowest BCUT2D eigenvalue weighted by Gasteiger charge is -2.14. The number of rotatable bonds is 7. The van der Waals surface area contributed by atoms with Crippen molar-refractivity contribution in [2.45, 2.75) is 6.42 Å². The van der Waals surface area contributed by atoms with Crippen LogP contribution in [0.2, 0.25) is 0 Å². The Hall–Kier alpha value is -3.86. The van der Waals surface area contributed by atoms with Crippen LogP contribution in [-0.2, 0) is 6.42 Å². The van der Waals surface area contributed by atoms with Crippen LogP contribution in [0.3, 0.4) is 0 Å². The molecule has 31 heavy (non-hydrogen) atoms. The number of amides is 1. The molecule has 7 nitrogen and oxygen atoms in total. The number of aromatic nitrogens is 2. The Balaban J connectivity index is 0.00000341. The zero-order valence-corrected chi connectivity index (χ0v) is 16.0. The lowest BCUT2D eigenvalue weighted by atomic mass is 10.0. The lowest BCUT2D eigenvalue weighted by molar-refractivity contribution is 0.0989. The summed E-state index contributed by atoms with van der Waals surface area (Å²) in [6, 6.07) is 7.17. The van der Waals surface area contributed by atoms with E-state index in [0.717, 1.165) is 0 Å². The van der Waals surface area contributed by atoms with Crippen LogP contribution in [0.15, 0.2) is 42.7 Å². The molecule has 0 aliphatic rings. The SMILES string of the molecule is N.NC(=O)c1ncccc1Cc1c(F)c(F)c(NCC(=O)c2ccccn2)c(F)c1F. The first-order valence-electron chi connectivity index (χ1n) is 8.57. The molecule has 1 amide bonds. The van der Waals surface area contributed by atoms with E-state index in [-0.39, 0.29) is 23.1 Å². The van der Waals surface area contributed by atoms with Gasteiger partial charge in [0.05, 0.1) is 6.54 Å². The standard InChI is InChI=1S/C20H14F4N4O2.H3N/c21-14-11(8-10-4-3-7-27-18(10)20(25)30)15(22)17(24)19(16(14)23)28-9-13(29)12-5-1-2-6-26-12;/h1-7,28H,8-9H2,(H2,25,30);1H3. The number of nitrogens with zero attached hydrogens (tertiary/aromatic N) is 2. The number of carbonyl (C=O) groups is 2. The first-order chi connectivity index (χ1) is 14.3. The molecule has 3 rings (SSSR count). The highest BCUT2D eigenvalue weighted by Crippen LogP contribution is 2.30. The van der Waals surface area contributed by atoms with E-state index in [1.54, 1.807) is 6.07 Å². The molecule has 0 saturated carbocycles. The van der Waals surface area contributed by atoms with Crippen molar-refractivity contribution in [2.75, 3.05) is 11.9 Å². The molecule has 0 atom stereocenters. The molecular formula is C20H17F4N5O2. The maximum atomic E-state index is 14.5. The summed E-state index contributed by atoms with van der Waals surface area (Å²) in [6.07, 6.45) is 1.93. The third-order valence-corrected chi connectivity index (χ3v) is 4.22. The molecular weight excluding hydrogens is 418 g/mol. The predicted octanol–water partition coefficient (Wildman–Crippen LogP) is 3.18. The fraction of sp³-hybridized carbons (Fsp3) is 0.100. The van der Waals surface area contributed by atoms with Crippen molar-refractivity contribution in [1.82, 2.24) is 16.1 Å². The molecule has 3 aromatic rings. The Morgan fingerprint density at radius 2 is 1.55 bits per heavy atom. The number of halogens is 4. The van der Waals surface area contributed by atoms with Gasteiger partial charge in [-0.15, -0.1) is 0 Å². The van der Waals surface area contributed by atoms with E-state index < -0.39 is 59.2 Å². The van der Waals surface area contributed by atoms with Crippen LogP contribution in [0, 0.1) is 23.3 Å². The Morgan fingerprint density at radius 3 is 2.13 bits per heavy atom. The van der Waals surface area contributed by atoms with Crippen molar-refractivity contribution >= 4 is 17.4 Å². The van der Waals surface area contributed by atoms with Gasteiger partial charge in [0.15, 0.2) is 29.1 Å². The molecule has 11 heteroatoms. The molecule has 1 aromatic carbocycles. The van der Waals surface area contributed by atoms with Crippen molar-refractivity contribution < 1.29 is 27.2 Å². The number of carbonyl (C=O) groups excluding carboxylic acids is 2. The average molecular weight is 435 g/mol. The van der Waals surface area contributed by atoms with Crippen LogP contribution < -0.4 is 17.2 Å². The molecule has 0 spiro atoms. The summed E-state index contributed by atoms with van der Waals surface area (Å²) >= 11 is 0. The molecule has 2 heterocycles. The van der Waals surface area contributed by atoms with Gasteiger partial charge >= 0.3 is 0 Å². The number of Topliss-reactive ketones (excluding diaryl/α,β-unsaturated/α-hetero) is 1. The topological polar surface area (TPSA) is 133 Å². The molecule has 0 aliphatic heterocycles. The third kappa shape index (κ3) is 4.83. The smallest absolute Gasteiger partial charge is 0.267 e. The number of nitrogens with two attached hydrogens (primary N) is 1. The maximum absolute atomic E-state index is 14.5. The second-order valence-electron chi connectivity index (χ2n) is 6.15. The van der Waals surface area contributed by atoms with Crippen molar-refractivity contribution in [3.05, 3.63) is 88.5 Å². The average Bonchev–Trinajstić information content (AvgIpc) is 2.76. The second-order valence-corrected chi connectivity index (χ2v) is 6.15. The molecule has 2 aromatic heterocycles. The quantitative estimate of drug-likeness (QED) is 0.297. The van der Waals surface area contributed by atoms with Gasteiger partial charge < -0.3 is 17.2 Å². The van der Waals surface area contributed by atoms with E-state index in [1.165, 1.54) is 36.7 Å². The molecule has 0 unspecified atom stereocenters. The largest absolute Gasteiger partial charge is 0.373 e. The zero-order chi connectivity index (χ0) is 21.8. The van der Waals surface area contributed by atoms with Gasteiger partial charge in [-0.25, -0.2) is 17.6 Å². The number of benzene rings is 1. The zero-order valence-electron chi connectivity index (χ0n) is 16.0. The Bertz CT molecular complexity index is 1100. The third-order valence-electron chi connectivity index (χ3n) is 4.22. The highest BCUT2D eigenvalue weighted by Gasteiger charge is 2.27. The van der Waals surface area contributed by atoms with Crippen LogP contribution in [0.5, 0.6) is 0 Å². The molecule has 0 bridgehead atoms. The molecule has 0 aliphatic carbocycles. The monoisotopic (exact) mass is 435 g/mol. The van der Waals surface area contributed by atoms with Gasteiger partial charge in [0, 0.05) is 24.4 Å². The number of pyridine rings is 2. The summed E-state index contributed by atoms with van der Waals surface area (Å²) in [5, 5.41) is 2.08. The Kier molecular flexibility index (Phi) is 7.37. The van der Waals surface area contributed by atoms with Gasteiger partial charge in [-0.05, 0) is 23.8 Å². The molecule has 162 valence electrons. The van der Waals surface area contributed by atoms with Gasteiger partial charge in [-0.2, -0.15) is 0 Å². The molecule has 0 radical (unpaired) electrons. The fourth-order valence-electron chi connectivity index (χ4n) is 2.77. The van der Waals surface area contributed by atoms with Gasteiger partial charge in [0.1, 0.15) is 17.1 Å². The number of primary amides is 1. The van der Waals surface area contributed by atoms with Gasteiger partial charge in [-0.1, -0.05) is 12.1 Å². The highest BCUT2D eigenvalue weighted by atomic mass is 19.2. The molecule has 0 fully saturated rings. The molecule has 0 saturated heterocycles. The lowest BCUT2D eigenvalue weighted by Crippen LogP contribution is -2.19. The van der Waals surface area contributed by atoms with Gasteiger partial charge in [0.25, 0.3) is 5.91 Å². The summed E-state index contributed by atoms with van der Waals surface area (Å²) in [7, 11) is 0. The maximum Gasteiger partial charge on any atom is 0.267 e. The van der Waals surface area contributed by atoms with E-state index in [1.807, 2.05) is 0 Å². The normalized spacial score (nSPS) is 10.3. The van der Waals surface area contributed by atoms with Crippen molar-refractivity contribution in [3.8, 4) is 0 Å². The summed E-state index contributed by atoms with van der Waals surface area (Å²) in [4.78, 5) is 30.9. The first-order valence-corrected chi connectivity index (χ1v) is 8.57. The fourth-order valence-corrected chi connectivity index (χ4v) is 2.77. The van der Waals surface area contributed by atoms with Gasteiger partial charge in [0.2, 0.25) is 0 Å². The molecule has 6 N–H and O–H groups in total. The van der Waals surface area contributed by atoms with Crippen molar-refractivity contribution in [3.63, 3.8) is 0 Å². The second kappa shape index (κ2) is 9.76. The van der Waals surface area contributed by atoms with Crippen LogP contribution in [-0.4, -0.2) is 28.2 Å². The number of hydrogen-bond acceptors (Lipinski definition) is 6. The van der Waals surface area contributed by atoms with Crippen molar-refractivity contribution in [1.29, 1.82) is 0 Å². The Morgan fingerprint density at radius 1 is 0.903 bits per heavy atom. The first kappa shape index (κ1) is 23.4. The van der Waals surface area contributed by atoms with Crippen molar-refractivity contribution in [2.24, 2.45) is 5.73 Å². The summed E-state index contributed by atoms with van der Waals surface area (Å²) in [5.74, 6) is -8.34. The minimum Gasteiger partial charge on any atom is -0.373 e. The number of hydrogen-bond donors (Lipinski definition) is 3. The van der Waals surface area contributed by atoms with E-state index >= 15 is 0 Å². The van der Waals surface area contributed by atoms with Crippen LogP contribution in [0.25, 0.3) is 0 Å². The number of anilines is 1. The minimum atomic E-state index is -1.71. The summed E-state index contributed by atoms with van der Waals surface area (Å²) < 4.78 is 57.9. The summed E-state index contributed by atoms with van der Waals surface area (Å²) in [6.45, 7) is -0.641. The number of nitrogens with one attached hydrogen (secondary N) is 1. The van der Waals surface area contributed by atoms with E-state index in [2.05, 4.69) is 15.3 Å². The minimum absolute atomic E-state index is 0.